The van der Waals surface area contributed by atoms with Crippen molar-refractivity contribution in [2.24, 2.45) is 0 Å². The van der Waals surface area contributed by atoms with E-state index in [0.29, 0.717) is 23.6 Å². The van der Waals surface area contributed by atoms with Gasteiger partial charge in [0.1, 0.15) is 5.82 Å². The maximum atomic E-state index is 14.0. The van der Waals surface area contributed by atoms with E-state index in [0.717, 1.165) is 38.3 Å². The van der Waals surface area contributed by atoms with Crippen molar-refractivity contribution < 1.29 is 9.13 Å². The van der Waals surface area contributed by atoms with Crippen LogP contribution in [0.5, 0.6) is 5.88 Å². The number of hydrogen-bond donors (Lipinski definition) is 0. The van der Waals surface area contributed by atoms with Gasteiger partial charge >= 0.3 is 0 Å². The average molecular weight is 340 g/mol. The highest BCUT2D eigenvalue weighted by molar-refractivity contribution is 5.32. The van der Waals surface area contributed by atoms with Crippen molar-refractivity contribution in [1.29, 1.82) is 5.26 Å². The van der Waals surface area contributed by atoms with Gasteiger partial charge in [0.05, 0.1) is 18.7 Å². The highest BCUT2D eigenvalue weighted by atomic mass is 19.1. The Labute approximate surface area is 147 Å². The minimum absolute atomic E-state index is 0.300. The summed E-state index contributed by atoms with van der Waals surface area (Å²) in [6.45, 7) is 5.09. The van der Waals surface area contributed by atoms with E-state index >= 15 is 0 Å². The molecule has 2 aromatic rings. The van der Waals surface area contributed by atoms with E-state index < -0.39 is 0 Å². The second-order valence-corrected chi connectivity index (χ2v) is 6.18. The number of ether oxygens (including phenoxy) is 1. The summed E-state index contributed by atoms with van der Waals surface area (Å²) in [5.41, 5.74) is 2.17. The molecule has 0 bridgehead atoms. The van der Waals surface area contributed by atoms with Crippen molar-refractivity contribution in [2.45, 2.75) is 13.1 Å². The first-order valence-electron chi connectivity index (χ1n) is 8.30. The van der Waals surface area contributed by atoms with Crippen LogP contribution in [0.25, 0.3) is 0 Å². The van der Waals surface area contributed by atoms with Gasteiger partial charge in [0.25, 0.3) is 0 Å². The highest BCUT2D eigenvalue weighted by Gasteiger charge is 2.18. The van der Waals surface area contributed by atoms with Gasteiger partial charge in [-0.1, -0.05) is 12.1 Å². The van der Waals surface area contributed by atoms with Crippen LogP contribution in [0.2, 0.25) is 0 Å². The largest absolute Gasteiger partial charge is 0.481 e. The maximum absolute atomic E-state index is 14.0. The summed E-state index contributed by atoms with van der Waals surface area (Å²) < 4.78 is 19.1. The lowest BCUT2D eigenvalue weighted by molar-refractivity contribution is 0.121. The van der Waals surface area contributed by atoms with Crippen LogP contribution < -0.4 is 4.74 Å². The molecule has 1 fully saturated rings. The number of hydrogen-bond acceptors (Lipinski definition) is 5. The Morgan fingerprint density at radius 1 is 1.12 bits per heavy atom. The Morgan fingerprint density at radius 3 is 2.40 bits per heavy atom. The van der Waals surface area contributed by atoms with E-state index in [1.807, 2.05) is 24.4 Å². The van der Waals surface area contributed by atoms with Crippen molar-refractivity contribution in [3.63, 3.8) is 0 Å². The molecule has 2 heterocycles. The van der Waals surface area contributed by atoms with Crippen LogP contribution in [-0.4, -0.2) is 48.1 Å². The van der Waals surface area contributed by atoms with Gasteiger partial charge in [0.2, 0.25) is 5.88 Å². The van der Waals surface area contributed by atoms with Crippen molar-refractivity contribution in [1.82, 2.24) is 14.8 Å². The van der Waals surface area contributed by atoms with Gasteiger partial charge in [-0.3, -0.25) is 9.80 Å². The summed E-state index contributed by atoms with van der Waals surface area (Å²) >= 11 is 0. The van der Waals surface area contributed by atoms with E-state index in [9.17, 15) is 4.39 Å². The monoisotopic (exact) mass is 340 g/mol. The molecule has 3 rings (SSSR count). The molecule has 1 aromatic carbocycles. The zero-order chi connectivity index (χ0) is 17.6. The van der Waals surface area contributed by atoms with Gasteiger partial charge in [-0.25, -0.2) is 9.37 Å². The predicted molar refractivity (Wildman–Crippen MR) is 92.5 cm³/mol. The molecule has 0 atom stereocenters. The normalized spacial score (nSPS) is 15.7. The fourth-order valence-corrected chi connectivity index (χ4v) is 2.97. The quantitative estimate of drug-likeness (QED) is 0.837. The van der Waals surface area contributed by atoms with Crippen molar-refractivity contribution in [3.8, 4) is 11.9 Å². The molecule has 0 radical (unpaired) electrons. The summed E-state index contributed by atoms with van der Waals surface area (Å²) in [6.07, 6.45) is 1.84. The van der Waals surface area contributed by atoms with Crippen LogP contribution in [0.4, 0.5) is 4.39 Å². The van der Waals surface area contributed by atoms with Gasteiger partial charge in [0.15, 0.2) is 0 Å². The Kier molecular flexibility index (Phi) is 5.59. The summed E-state index contributed by atoms with van der Waals surface area (Å²) in [5.74, 6) is 0.323. The number of pyridine rings is 1. The van der Waals surface area contributed by atoms with Crippen LogP contribution in [0.15, 0.2) is 36.5 Å². The standard InChI is InChI=1S/C19H21FN4O/c1-25-19-5-3-16(12-22-19)13-23-6-8-24(9-7-23)14-17-4-2-15(11-21)10-18(17)20/h2-5,10,12H,6-9,13-14H2,1H3. The van der Waals surface area contributed by atoms with Crippen molar-refractivity contribution >= 4 is 0 Å². The topological polar surface area (TPSA) is 52.4 Å². The van der Waals surface area contributed by atoms with E-state index in [4.69, 9.17) is 10.00 Å². The molecule has 0 unspecified atom stereocenters. The number of aromatic nitrogens is 1. The lowest BCUT2D eigenvalue weighted by Gasteiger charge is -2.34. The molecule has 0 aliphatic carbocycles. The summed E-state index contributed by atoms with van der Waals surface area (Å²) in [5, 5.41) is 8.81. The maximum Gasteiger partial charge on any atom is 0.212 e. The first-order valence-corrected chi connectivity index (χ1v) is 8.30. The minimum atomic E-state index is -0.300. The molecule has 1 aliphatic rings. The van der Waals surface area contributed by atoms with Gasteiger partial charge in [0, 0.05) is 57.1 Å². The zero-order valence-corrected chi connectivity index (χ0v) is 14.3. The third kappa shape index (κ3) is 4.53. The smallest absolute Gasteiger partial charge is 0.212 e. The Morgan fingerprint density at radius 2 is 1.84 bits per heavy atom. The van der Waals surface area contributed by atoms with Gasteiger partial charge in [-0.15, -0.1) is 0 Å². The SMILES string of the molecule is COc1ccc(CN2CCN(Cc3ccc(C#N)cc3F)CC2)cn1. The molecule has 25 heavy (non-hydrogen) atoms. The first-order chi connectivity index (χ1) is 12.2. The summed E-state index contributed by atoms with van der Waals surface area (Å²) in [6, 6.07) is 10.6. The second kappa shape index (κ2) is 8.06. The van der Waals surface area contributed by atoms with E-state index in [1.165, 1.54) is 6.07 Å². The molecule has 5 nitrogen and oxygen atoms in total. The number of nitrogens with zero attached hydrogens (tertiary/aromatic N) is 4. The van der Waals surface area contributed by atoms with Crippen LogP contribution in [-0.2, 0) is 13.1 Å². The number of piperazine rings is 1. The zero-order valence-electron chi connectivity index (χ0n) is 14.3. The fourth-order valence-electron chi connectivity index (χ4n) is 2.97. The Bertz CT molecular complexity index is 749. The molecule has 0 spiro atoms. The van der Waals surface area contributed by atoms with Crippen molar-refractivity contribution in [2.75, 3.05) is 33.3 Å². The third-order valence-corrected chi connectivity index (χ3v) is 4.45. The number of benzene rings is 1. The van der Waals surface area contributed by atoms with E-state index in [1.54, 1.807) is 19.2 Å². The minimum Gasteiger partial charge on any atom is -0.481 e. The van der Waals surface area contributed by atoms with E-state index in [-0.39, 0.29) is 5.82 Å². The number of methoxy groups -OCH3 is 1. The lowest BCUT2D eigenvalue weighted by atomic mass is 10.1. The molecule has 6 heteroatoms. The summed E-state index contributed by atoms with van der Waals surface area (Å²) in [4.78, 5) is 8.85. The van der Waals surface area contributed by atoms with Crippen LogP contribution >= 0.6 is 0 Å². The molecular formula is C19H21FN4O. The van der Waals surface area contributed by atoms with Crippen molar-refractivity contribution in [3.05, 3.63) is 59.0 Å². The van der Waals surface area contributed by atoms with Crippen LogP contribution in [0.3, 0.4) is 0 Å². The number of nitriles is 1. The van der Waals surface area contributed by atoms with Crippen LogP contribution in [0.1, 0.15) is 16.7 Å². The molecule has 1 saturated heterocycles. The molecule has 0 amide bonds. The number of halogens is 1. The predicted octanol–water partition coefficient (Wildman–Crippen LogP) is 2.42. The molecule has 0 N–H and O–H groups in total. The molecule has 1 aliphatic heterocycles. The molecular weight excluding hydrogens is 319 g/mol. The average Bonchev–Trinajstić information content (AvgIpc) is 2.65. The highest BCUT2D eigenvalue weighted by Crippen LogP contribution is 2.15. The molecule has 1 aromatic heterocycles. The molecule has 130 valence electrons. The summed E-state index contributed by atoms with van der Waals surface area (Å²) in [7, 11) is 1.61. The fraction of sp³-hybridized carbons (Fsp3) is 0.368. The first kappa shape index (κ1) is 17.3. The van der Waals surface area contributed by atoms with Gasteiger partial charge in [-0.05, 0) is 17.7 Å². The third-order valence-electron chi connectivity index (χ3n) is 4.45. The second-order valence-electron chi connectivity index (χ2n) is 6.18. The van der Waals surface area contributed by atoms with Gasteiger partial charge in [-0.2, -0.15) is 5.26 Å². The Balaban J connectivity index is 1.50. The lowest BCUT2D eigenvalue weighted by Crippen LogP contribution is -2.45. The van der Waals surface area contributed by atoms with Crippen LogP contribution in [0, 0.1) is 17.1 Å². The van der Waals surface area contributed by atoms with E-state index in [2.05, 4.69) is 14.8 Å². The Hall–Kier alpha value is -2.49. The number of rotatable bonds is 5. The molecule has 0 saturated carbocycles. The van der Waals surface area contributed by atoms with Gasteiger partial charge < -0.3 is 4.74 Å².